The highest BCUT2D eigenvalue weighted by molar-refractivity contribution is 6.15. The molecule has 1 aliphatic rings. The van der Waals surface area contributed by atoms with Crippen molar-refractivity contribution in [1.82, 2.24) is 0 Å². The molecule has 63 heavy (non-hydrogen) atoms. The summed E-state index contributed by atoms with van der Waals surface area (Å²) in [5, 5.41) is 9.79. The summed E-state index contributed by atoms with van der Waals surface area (Å²) in [6.45, 7) is 4.76. The van der Waals surface area contributed by atoms with Gasteiger partial charge in [0.15, 0.2) is 0 Å². The van der Waals surface area contributed by atoms with Crippen LogP contribution in [-0.2, 0) is 5.41 Å². The molecule has 0 atom stereocenters. The van der Waals surface area contributed by atoms with Gasteiger partial charge in [0.05, 0.1) is 22.7 Å². The molecule has 0 fully saturated rings. The Morgan fingerprint density at radius 2 is 0.921 bits per heavy atom. The van der Waals surface area contributed by atoms with Gasteiger partial charge in [0.1, 0.15) is 0 Å². The summed E-state index contributed by atoms with van der Waals surface area (Å²) in [7, 11) is 0. The molecule has 298 valence electrons. The van der Waals surface area contributed by atoms with E-state index in [1.54, 1.807) is 0 Å². The van der Waals surface area contributed by atoms with Crippen molar-refractivity contribution in [3.63, 3.8) is 0 Å². The van der Waals surface area contributed by atoms with Crippen molar-refractivity contribution < 1.29 is 0 Å². The Labute approximate surface area is 368 Å². The van der Waals surface area contributed by atoms with Crippen LogP contribution in [-0.4, -0.2) is 0 Å². The van der Waals surface area contributed by atoms with Crippen LogP contribution in [0.15, 0.2) is 231 Å². The maximum atomic E-state index is 2.57. The van der Waals surface area contributed by atoms with Crippen LogP contribution in [0.1, 0.15) is 25.0 Å². The lowest BCUT2D eigenvalue weighted by atomic mass is 9.73. The molecule has 2 heteroatoms. The van der Waals surface area contributed by atoms with Gasteiger partial charge < -0.3 is 9.80 Å². The van der Waals surface area contributed by atoms with Crippen molar-refractivity contribution in [3.8, 4) is 22.3 Å². The second kappa shape index (κ2) is 14.6. The van der Waals surface area contributed by atoms with Crippen LogP contribution < -0.4 is 9.80 Å². The summed E-state index contributed by atoms with van der Waals surface area (Å²) >= 11 is 0. The number of rotatable bonds is 6. The van der Waals surface area contributed by atoms with Gasteiger partial charge in [-0.15, -0.1) is 0 Å². The molecule has 0 aliphatic carbocycles. The van der Waals surface area contributed by atoms with Crippen molar-refractivity contribution >= 4 is 77.2 Å². The Kier molecular flexibility index (Phi) is 8.55. The number of anilines is 6. The third-order valence-electron chi connectivity index (χ3n) is 13.4. The van der Waals surface area contributed by atoms with Gasteiger partial charge in [-0.2, -0.15) is 0 Å². The molecular formula is C61H44N2. The zero-order valence-electron chi connectivity index (χ0n) is 35.3. The molecule has 12 rings (SSSR count). The summed E-state index contributed by atoms with van der Waals surface area (Å²) in [4.78, 5) is 5.05. The lowest BCUT2D eigenvalue weighted by molar-refractivity contribution is 0.632. The highest BCUT2D eigenvalue weighted by Gasteiger charge is 2.38. The van der Waals surface area contributed by atoms with Gasteiger partial charge in [0.2, 0.25) is 0 Å². The fourth-order valence-electron chi connectivity index (χ4n) is 10.3. The number of hydrogen-bond donors (Lipinski definition) is 0. The Hall–Kier alpha value is -7.94. The first-order valence-corrected chi connectivity index (χ1v) is 21.9. The zero-order chi connectivity index (χ0) is 42.1. The summed E-state index contributed by atoms with van der Waals surface area (Å²) in [5.41, 5.74) is 14.0. The van der Waals surface area contributed by atoms with E-state index >= 15 is 0 Å². The van der Waals surface area contributed by atoms with Crippen molar-refractivity contribution in [2.45, 2.75) is 19.3 Å². The van der Waals surface area contributed by atoms with Crippen LogP contribution in [0.2, 0.25) is 0 Å². The first kappa shape index (κ1) is 36.9. The van der Waals surface area contributed by atoms with E-state index in [2.05, 4.69) is 254 Å². The summed E-state index contributed by atoms with van der Waals surface area (Å²) in [5.74, 6) is 0. The molecule has 0 radical (unpaired) electrons. The van der Waals surface area contributed by atoms with Crippen LogP contribution in [0.5, 0.6) is 0 Å². The van der Waals surface area contributed by atoms with E-state index < -0.39 is 0 Å². The molecule has 0 aromatic heterocycles. The highest BCUT2D eigenvalue weighted by atomic mass is 15.2. The number of benzene rings is 11. The van der Waals surface area contributed by atoms with Crippen molar-refractivity contribution in [3.05, 3.63) is 242 Å². The maximum Gasteiger partial charge on any atom is 0.0618 e. The number of nitrogens with zero attached hydrogens (tertiary/aromatic N) is 2. The van der Waals surface area contributed by atoms with Gasteiger partial charge in [-0.05, 0) is 103 Å². The standard InChI is InChI=1S/C61H44N2/c1-61(2)55-26-14-15-27-57(55)63(60-51-23-11-8-19-44(51)32-36-52(60)47-29-28-42-18-6-7-20-45(42)38-47)59-40-49(35-37-56(59)61)62(48-33-30-43(31-34-48)41-16-4-3-5-17-41)58-39-46-21-9-10-22-50(46)53-24-12-13-25-54(53)58/h3-40H,1-2H3. The molecule has 2 nitrogen and oxygen atoms in total. The molecule has 11 aromatic carbocycles. The predicted molar refractivity (Wildman–Crippen MR) is 269 cm³/mol. The van der Waals surface area contributed by atoms with Gasteiger partial charge in [0, 0.05) is 33.1 Å². The lowest BCUT2D eigenvalue weighted by Gasteiger charge is -2.43. The first-order chi connectivity index (χ1) is 31.0. The molecule has 0 saturated carbocycles. The summed E-state index contributed by atoms with van der Waals surface area (Å²) < 4.78 is 0. The average Bonchev–Trinajstić information content (AvgIpc) is 3.34. The molecule has 0 spiro atoms. The molecule has 0 saturated heterocycles. The number of fused-ring (bicyclic) bond motifs is 7. The van der Waals surface area contributed by atoms with Crippen LogP contribution in [0.25, 0.3) is 65.3 Å². The van der Waals surface area contributed by atoms with Gasteiger partial charge in [-0.1, -0.05) is 202 Å². The Balaban J connectivity index is 1.14. The van der Waals surface area contributed by atoms with Crippen LogP contribution in [0.3, 0.4) is 0 Å². The van der Waals surface area contributed by atoms with E-state index in [0.717, 1.165) is 17.1 Å². The smallest absolute Gasteiger partial charge is 0.0618 e. The average molecular weight is 805 g/mol. The summed E-state index contributed by atoms with van der Waals surface area (Å²) in [6.07, 6.45) is 0. The van der Waals surface area contributed by atoms with Crippen molar-refractivity contribution in [2.24, 2.45) is 0 Å². The Bertz CT molecular complexity index is 3550. The second-order valence-corrected chi connectivity index (χ2v) is 17.3. The first-order valence-electron chi connectivity index (χ1n) is 21.9. The fraction of sp³-hybridized carbons (Fsp3) is 0.0492. The third-order valence-corrected chi connectivity index (χ3v) is 13.4. The molecule has 1 heterocycles. The summed E-state index contributed by atoms with van der Waals surface area (Å²) in [6, 6.07) is 85.0. The van der Waals surface area contributed by atoms with E-state index in [0.29, 0.717) is 0 Å². The molecule has 1 aliphatic heterocycles. The van der Waals surface area contributed by atoms with E-state index in [4.69, 9.17) is 0 Å². The number of para-hydroxylation sites is 1. The van der Waals surface area contributed by atoms with Crippen molar-refractivity contribution in [2.75, 3.05) is 9.80 Å². The van der Waals surface area contributed by atoms with Crippen LogP contribution in [0, 0.1) is 0 Å². The van der Waals surface area contributed by atoms with Gasteiger partial charge >= 0.3 is 0 Å². The van der Waals surface area contributed by atoms with Crippen LogP contribution >= 0.6 is 0 Å². The zero-order valence-corrected chi connectivity index (χ0v) is 35.3. The van der Waals surface area contributed by atoms with Gasteiger partial charge in [-0.25, -0.2) is 0 Å². The topological polar surface area (TPSA) is 6.48 Å². The van der Waals surface area contributed by atoms with E-state index in [-0.39, 0.29) is 5.41 Å². The molecule has 0 N–H and O–H groups in total. The molecular weight excluding hydrogens is 761 g/mol. The van der Waals surface area contributed by atoms with E-state index in [9.17, 15) is 0 Å². The molecule has 0 amide bonds. The predicted octanol–water partition coefficient (Wildman–Crippen LogP) is 17.2. The minimum Gasteiger partial charge on any atom is -0.310 e. The van der Waals surface area contributed by atoms with Gasteiger partial charge in [0.25, 0.3) is 0 Å². The van der Waals surface area contributed by atoms with Crippen molar-refractivity contribution in [1.29, 1.82) is 0 Å². The molecule has 0 unspecified atom stereocenters. The van der Waals surface area contributed by atoms with E-state index in [1.165, 1.54) is 93.5 Å². The minimum atomic E-state index is -0.271. The second-order valence-electron chi connectivity index (χ2n) is 17.3. The maximum absolute atomic E-state index is 2.57. The monoisotopic (exact) mass is 804 g/mol. The molecule has 0 bridgehead atoms. The fourth-order valence-corrected chi connectivity index (χ4v) is 10.3. The molecule has 11 aromatic rings. The van der Waals surface area contributed by atoms with Crippen LogP contribution in [0.4, 0.5) is 34.1 Å². The SMILES string of the molecule is CC1(C)c2ccccc2N(c2c(-c3ccc4ccccc4c3)ccc3ccccc23)c2cc(N(c3ccc(-c4ccccc4)cc3)c3cc4ccccc4c4ccccc34)ccc21. The Morgan fingerprint density at radius 3 is 1.73 bits per heavy atom. The minimum absolute atomic E-state index is 0.271. The normalized spacial score (nSPS) is 13.0. The number of hydrogen-bond acceptors (Lipinski definition) is 2. The van der Waals surface area contributed by atoms with E-state index in [1.807, 2.05) is 0 Å². The largest absolute Gasteiger partial charge is 0.310 e. The highest BCUT2D eigenvalue weighted by Crippen LogP contribution is 2.56. The quantitative estimate of drug-likeness (QED) is 0.155. The lowest BCUT2D eigenvalue weighted by Crippen LogP contribution is -2.31. The Morgan fingerprint density at radius 1 is 0.349 bits per heavy atom. The van der Waals surface area contributed by atoms with Gasteiger partial charge in [-0.3, -0.25) is 0 Å². The third kappa shape index (κ3) is 6.02.